The van der Waals surface area contributed by atoms with E-state index in [9.17, 15) is 9.90 Å². The van der Waals surface area contributed by atoms with Crippen molar-refractivity contribution in [3.63, 3.8) is 0 Å². The first kappa shape index (κ1) is 13.7. The van der Waals surface area contributed by atoms with Crippen LogP contribution in [0.1, 0.15) is 11.1 Å². The van der Waals surface area contributed by atoms with Crippen LogP contribution in [-0.4, -0.2) is 16.2 Å². The maximum absolute atomic E-state index is 10.4. The molecule has 0 heterocycles. The van der Waals surface area contributed by atoms with Gasteiger partial charge in [-0.3, -0.25) is 0 Å². The molecule has 0 spiro atoms. The molecule has 0 bridgehead atoms. The van der Waals surface area contributed by atoms with Crippen molar-refractivity contribution in [3.05, 3.63) is 65.7 Å². The summed E-state index contributed by atoms with van der Waals surface area (Å²) in [6, 6.07) is 13.9. The van der Waals surface area contributed by atoms with Gasteiger partial charge in [-0.25, -0.2) is 4.79 Å². The van der Waals surface area contributed by atoms with E-state index in [-0.39, 0.29) is 5.75 Å². The lowest BCUT2D eigenvalue weighted by Crippen LogP contribution is -1.94. The number of ether oxygens (including phenoxy) is 1. The molecular weight excluding hydrogens is 256 g/mol. The lowest BCUT2D eigenvalue weighted by molar-refractivity contribution is -0.131. The van der Waals surface area contributed by atoms with Crippen molar-refractivity contribution in [1.82, 2.24) is 0 Å². The minimum Gasteiger partial charge on any atom is -0.508 e. The van der Waals surface area contributed by atoms with Crippen LogP contribution in [0.25, 0.3) is 6.08 Å². The Morgan fingerprint density at radius 3 is 2.30 bits per heavy atom. The average molecular weight is 270 g/mol. The van der Waals surface area contributed by atoms with Gasteiger partial charge in [0.2, 0.25) is 0 Å². The third kappa shape index (κ3) is 4.17. The van der Waals surface area contributed by atoms with Crippen LogP contribution in [0.2, 0.25) is 0 Å². The predicted molar refractivity (Wildman–Crippen MR) is 75.6 cm³/mol. The van der Waals surface area contributed by atoms with Gasteiger partial charge in [0.05, 0.1) is 0 Å². The number of carboxylic acid groups (broad SMARTS) is 1. The Bertz CT molecular complexity index is 597. The fourth-order valence-electron chi connectivity index (χ4n) is 1.60. The highest BCUT2D eigenvalue weighted by atomic mass is 16.5. The molecular formula is C16H14O4. The van der Waals surface area contributed by atoms with Crippen LogP contribution in [-0.2, 0) is 11.4 Å². The molecule has 0 unspecified atom stereocenters. The molecule has 0 radical (unpaired) electrons. The van der Waals surface area contributed by atoms with E-state index < -0.39 is 5.97 Å². The number of carbonyl (C=O) groups is 1. The highest BCUT2D eigenvalue weighted by molar-refractivity contribution is 5.85. The zero-order valence-corrected chi connectivity index (χ0v) is 10.7. The lowest BCUT2D eigenvalue weighted by atomic mass is 10.2. The van der Waals surface area contributed by atoms with Crippen molar-refractivity contribution < 1.29 is 19.7 Å². The zero-order chi connectivity index (χ0) is 14.4. The molecule has 0 atom stereocenters. The molecule has 0 saturated carbocycles. The fraction of sp³-hybridized carbons (Fsp3) is 0.0625. The molecule has 2 aromatic carbocycles. The van der Waals surface area contributed by atoms with Gasteiger partial charge in [-0.05, 0) is 41.5 Å². The van der Waals surface area contributed by atoms with Crippen LogP contribution >= 0.6 is 0 Å². The smallest absolute Gasteiger partial charge is 0.328 e. The molecule has 0 saturated heterocycles. The van der Waals surface area contributed by atoms with Gasteiger partial charge in [0.15, 0.2) is 0 Å². The minimum atomic E-state index is -0.974. The van der Waals surface area contributed by atoms with Crippen LogP contribution in [0, 0.1) is 0 Å². The molecule has 0 aliphatic carbocycles. The number of hydrogen-bond donors (Lipinski definition) is 2. The first-order chi connectivity index (χ1) is 9.63. The standard InChI is InChI=1S/C16H14O4/c17-14-6-1-13(2-7-14)11-20-15-8-3-12(4-9-15)5-10-16(18)19/h1-10,17H,11H2,(H,18,19)/b10-5+. The molecule has 4 nitrogen and oxygen atoms in total. The van der Waals surface area contributed by atoms with Gasteiger partial charge in [-0.15, -0.1) is 0 Å². The van der Waals surface area contributed by atoms with Crippen molar-refractivity contribution in [3.8, 4) is 11.5 Å². The molecule has 2 aromatic rings. The van der Waals surface area contributed by atoms with E-state index in [2.05, 4.69) is 0 Å². The quantitative estimate of drug-likeness (QED) is 0.819. The summed E-state index contributed by atoms with van der Waals surface area (Å²) in [4.78, 5) is 10.4. The van der Waals surface area contributed by atoms with Crippen LogP contribution in [0.15, 0.2) is 54.6 Å². The van der Waals surface area contributed by atoms with Crippen LogP contribution in [0.5, 0.6) is 11.5 Å². The zero-order valence-electron chi connectivity index (χ0n) is 10.7. The minimum absolute atomic E-state index is 0.225. The molecule has 2 N–H and O–H groups in total. The summed E-state index contributed by atoms with van der Waals surface area (Å²) >= 11 is 0. The van der Waals surface area contributed by atoms with Gasteiger partial charge in [-0.2, -0.15) is 0 Å². The van der Waals surface area contributed by atoms with Crippen LogP contribution in [0.4, 0.5) is 0 Å². The maximum Gasteiger partial charge on any atom is 0.328 e. The van der Waals surface area contributed by atoms with E-state index in [4.69, 9.17) is 9.84 Å². The third-order valence-electron chi connectivity index (χ3n) is 2.64. The van der Waals surface area contributed by atoms with E-state index in [1.807, 2.05) is 0 Å². The second-order valence-electron chi connectivity index (χ2n) is 4.20. The predicted octanol–water partition coefficient (Wildman–Crippen LogP) is 3.07. The summed E-state index contributed by atoms with van der Waals surface area (Å²) in [6.45, 7) is 0.407. The topological polar surface area (TPSA) is 66.8 Å². The van der Waals surface area contributed by atoms with Gasteiger partial charge < -0.3 is 14.9 Å². The number of phenolic OH excluding ortho intramolecular Hbond substituents is 1. The summed E-state index contributed by atoms with van der Waals surface area (Å²) in [5, 5.41) is 17.7. The highest BCUT2D eigenvalue weighted by Gasteiger charge is 1.97. The Morgan fingerprint density at radius 1 is 1.05 bits per heavy atom. The Kier molecular flexibility index (Phi) is 4.39. The monoisotopic (exact) mass is 270 g/mol. The molecule has 0 fully saturated rings. The number of phenols is 1. The Balaban J connectivity index is 1.93. The van der Waals surface area contributed by atoms with Gasteiger partial charge >= 0.3 is 5.97 Å². The Hall–Kier alpha value is -2.75. The first-order valence-electron chi connectivity index (χ1n) is 6.05. The SMILES string of the molecule is O=C(O)/C=C/c1ccc(OCc2ccc(O)cc2)cc1. The maximum atomic E-state index is 10.4. The van der Waals surface area contributed by atoms with E-state index in [0.29, 0.717) is 12.4 Å². The van der Waals surface area contributed by atoms with Crippen molar-refractivity contribution in [2.45, 2.75) is 6.61 Å². The summed E-state index contributed by atoms with van der Waals surface area (Å²) in [7, 11) is 0. The van der Waals surface area contributed by atoms with E-state index in [0.717, 1.165) is 17.2 Å². The summed E-state index contributed by atoms with van der Waals surface area (Å²) < 4.78 is 5.59. The second kappa shape index (κ2) is 6.43. The van der Waals surface area contributed by atoms with Gasteiger partial charge in [-0.1, -0.05) is 24.3 Å². The van der Waals surface area contributed by atoms with Gasteiger partial charge in [0, 0.05) is 6.08 Å². The third-order valence-corrected chi connectivity index (χ3v) is 2.64. The number of aliphatic carboxylic acids is 1. The molecule has 0 amide bonds. The molecule has 2 rings (SSSR count). The Morgan fingerprint density at radius 2 is 1.70 bits per heavy atom. The highest BCUT2D eigenvalue weighted by Crippen LogP contribution is 2.16. The molecule has 20 heavy (non-hydrogen) atoms. The molecule has 0 aromatic heterocycles. The molecule has 0 aliphatic heterocycles. The van der Waals surface area contributed by atoms with Crippen LogP contribution < -0.4 is 4.74 Å². The van der Waals surface area contributed by atoms with E-state index >= 15 is 0 Å². The van der Waals surface area contributed by atoms with Crippen molar-refractivity contribution in [2.24, 2.45) is 0 Å². The van der Waals surface area contributed by atoms with Gasteiger partial charge in [0.25, 0.3) is 0 Å². The average Bonchev–Trinajstić information content (AvgIpc) is 2.45. The summed E-state index contributed by atoms with van der Waals surface area (Å²) in [6.07, 6.45) is 2.61. The molecule has 4 heteroatoms. The second-order valence-corrected chi connectivity index (χ2v) is 4.20. The lowest BCUT2D eigenvalue weighted by Gasteiger charge is -2.06. The summed E-state index contributed by atoms with van der Waals surface area (Å²) in [5.41, 5.74) is 1.75. The number of rotatable bonds is 5. The number of aromatic hydroxyl groups is 1. The fourth-order valence-corrected chi connectivity index (χ4v) is 1.60. The number of benzene rings is 2. The normalized spacial score (nSPS) is 10.6. The summed E-state index contributed by atoms with van der Waals surface area (Å²) in [5.74, 6) is -0.0495. The molecule has 0 aliphatic rings. The largest absolute Gasteiger partial charge is 0.508 e. The van der Waals surface area contributed by atoms with Crippen molar-refractivity contribution >= 4 is 12.0 Å². The number of carboxylic acids is 1. The van der Waals surface area contributed by atoms with Crippen LogP contribution in [0.3, 0.4) is 0 Å². The van der Waals surface area contributed by atoms with Crippen molar-refractivity contribution in [1.29, 1.82) is 0 Å². The molecule has 102 valence electrons. The van der Waals surface area contributed by atoms with E-state index in [1.165, 1.54) is 6.08 Å². The van der Waals surface area contributed by atoms with E-state index in [1.54, 1.807) is 48.5 Å². The Labute approximate surface area is 116 Å². The first-order valence-corrected chi connectivity index (χ1v) is 6.05. The van der Waals surface area contributed by atoms with Crippen molar-refractivity contribution in [2.75, 3.05) is 0 Å². The number of hydrogen-bond acceptors (Lipinski definition) is 3. The van der Waals surface area contributed by atoms with Gasteiger partial charge in [0.1, 0.15) is 18.1 Å².